The van der Waals surface area contributed by atoms with Gasteiger partial charge in [-0.15, -0.1) is 0 Å². The van der Waals surface area contributed by atoms with Gasteiger partial charge in [0.2, 0.25) is 0 Å². The standard InChI is InChI=1S/C39H52O4/c1-25(2)26(3)8-9-27(4)34-17-18-35-33-16-13-30-24-32(20-22-38(30,6)36(33)21-23-39(34,35)7)43-37(41)19-12-29-10-14-31(15-11-29)42-28(5)40/h8-16,19,25-27,32,34-36H,17-18,20-24H2,1-7H3/b9-8+,19-12+/t26-,27+,32-,34+,35?,36?,38-,39+/m0/s1. The fraction of sp³-hybridized carbons (Fsp3) is 0.590. The molecule has 5 rings (SSSR count). The topological polar surface area (TPSA) is 52.6 Å². The third kappa shape index (κ3) is 6.49. The Morgan fingerprint density at radius 3 is 2.35 bits per heavy atom. The van der Waals surface area contributed by atoms with Gasteiger partial charge in [-0.05, 0) is 109 Å². The minimum absolute atomic E-state index is 0.0802. The van der Waals surface area contributed by atoms with E-state index >= 15 is 0 Å². The Hall–Kier alpha value is -2.88. The molecule has 2 unspecified atom stereocenters. The van der Waals surface area contributed by atoms with E-state index in [0.717, 1.165) is 30.7 Å². The Balaban J connectivity index is 1.23. The first kappa shape index (κ1) is 31.5. The predicted octanol–water partition coefficient (Wildman–Crippen LogP) is 9.52. The summed E-state index contributed by atoms with van der Waals surface area (Å²) in [5.41, 5.74) is 4.59. The highest BCUT2D eigenvalue weighted by Gasteiger charge is 2.57. The molecule has 4 nitrogen and oxygen atoms in total. The van der Waals surface area contributed by atoms with Crippen LogP contribution in [0.3, 0.4) is 0 Å². The Morgan fingerprint density at radius 1 is 0.907 bits per heavy atom. The molecule has 4 aliphatic carbocycles. The molecule has 1 aromatic rings. The van der Waals surface area contributed by atoms with Gasteiger partial charge in [0.25, 0.3) is 0 Å². The zero-order valence-corrected chi connectivity index (χ0v) is 27.4. The van der Waals surface area contributed by atoms with Crippen LogP contribution in [0.4, 0.5) is 0 Å². The summed E-state index contributed by atoms with van der Waals surface area (Å²) in [6.07, 6.45) is 21.1. The van der Waals surface area contributed by atoms with E-state index < -0.39 is 0 Å². The van der Waals surface area contributed by atoms with Crippen LogP contribution in [0.25, 0.3) is 6.08 Å². The molecule has 0 radical (unpaired) electrons. The van der Waals surface area contributed by atoms with Crippen molar-refractivity contribution < 1.29 is 19.1 Å². The monoisotopic (exact) mass is 584 g/mol. The van der Waals surface area contributed by atoms with Crippen molar-refractivity contribution in [3.8, 4) is 5.75 Å². The van der Waals surface area contributed by atoms with Gasteiger partial charge in [-0.1, -0.05) is 89.1 Å². The van der Waals surface area contributed by atoms with Crippen LogP contribution >= 0.6 is 0 Å². The Morgan fingerprint density at radius 2 is 1.65 bits per heavy atom. The molecule has 0 N–H and O–H groups in total. The fourth-order valence-corrected chi connectivity index (χ4v) is 8.86. The van der Waals surface area contributed by atoms with Crippen molar-refractivity contribution in [2.45, 2.75) is 99.5 Å². The average molecular weight is 585 g/mol. The molecule has 0 aliphatic heterocycles. The van der Waals surface area contributed by atoms with Crippen LogP contribution < -0.4 is 4.74 Å². The van der Waals surface area contributed by atoms with Gasteiger partial charge in [0.15, 0.2) is 0 Å². The summed E-state index contributed by atoms with van der Waals surface area (Å²) in [6.45, 7) is 15.9. The number of carbonyl (C=O) groups is 2. The molecule has 232 valence electrons. The average Bonchev–Trinajstić information content (AvgIpc) is 3.32. The Kier molecular flexibility index (Phi) is 9.26. The van der Waals surface area contributed by atoms with Crippen molar-refractivity contribution in [3.63, 3.8) is 0 Å². The molecule has 43 heavy (non-hydrogen) atoms. The molecule has 1 aromatic carbocycles. The first-order chi connectivity index (χ1) is 20.4. The quantitative estimate of drug-likeness (QED) is 0.132. The molecular weight excluding hydrogens is 532 g/mol. The number of rotatable bonds is 8. The number of benzene rings is 1. The van der Waals surface area contributed by atoms with Crippen LogP contribution in [-0.4, -0.2) is 18.0 Å². The number of ether oxygens (including phenoxy) is 2. The number of hydrogen-bond donors (Lipinski definition) is 0. The van der Waals surface area contributed by atoms with Crippen molar-refractivity contribution in [1.29, 1.82) is 0 Å². The second-order valence-corrected chi connectivity index (χ2v) is 14.8. The lowest BCUT2D eigenvalue weighted by atomic mass is 9.50. The van der Waals surface area contributed by atoms with Gasteiger partial charge in [0.1, 0.15) is 11.9 Å². The van der Waals surface area contributed by atoms with Crippen LogP contribution in [-0.2, 0) is 14.3 Å². The summed E-state index contributed by atoms with van der Waals surface area (Å²) in [6, 6.07) is 7.07. The molecule has 0 spiro atoms. The van der Waals surface area contributed by atoms with Gasteiger partial charge >= 0.3 is 11.9 Å². The summed E-state index contributed by atoms with van der Waals surface area (Å²) >= 11 is 0. The van der Waals surface area contributed by atoms with E-state index in [-0.39, 0.29) is 23.5 Å². The second-order valence-electron chi connectivity index (χ2n) is 14.8. The van der Waals surface area contributed by atoms with E-state index in [1.165, 1.54) is 44.3 Å². The van der Waals surface area contributed by atoms with Gasteiger partial charge < -0.3 is 9.47 Å². The normalized spacial score (nSPS) is 33.3. The van der Waals surface area contributed by atoms with Crippen LogP contribution in [0.1, 0.15) is 99.0 Å². The summed E-state index contributed by atoms with van der Waals surface area (Å²) < 4.78 is 11.0. The minimum Gasteiger partial charge on any atom is -0.459 e. The van der Waals surface area contributed by atoms with E-state index in [1.807, 2.05) is 12.1 Å². The van der Waals surface area contributed by atoms with Crippen LogP contribution in [0.15, 0.2) is 65.8 Å². The third-order valence-corrected chi connectivity index (χ3v) is 11.8. The summed E-state index contributed by atoms with van der Waals surface area (Å²) in [5.74, 6) is 3.83. The number of allylic oxidation sites excluding steroid dienone is 5. The van der Waals surface area contributed by atoms with Crippen molar-refractivity contribution in [3.05, 3.63) is 71.4 Å². The van der Waals surface area contributed by atoms with E-state index in [2.05, 4.69) is 65.8 Å². The van der Waals surface area contributed by atoms with Gasteiger partial charge in [-0.25, -0.2) is 4.79 Å². The molecular formula is C39H52O4. The van der Waals surface area contributed by atoms with E-state index in [9.17, 15) is 9.59 Å². The highest BCUT2D eigenvalue weighted by atomic mass is 16.5. The molecule has 4 aliphatic rings. The molecule has 3 fully saturated rings. The summed E-state index contributed by atoms with van der Waals surface area (Å²) in [5, 5.41) is 0. The van der Waals surface area contributed by atoms with Crippen molar-refractivity contribution in [1.82, 2.24) is 0 Å². The van der Waals surface area contributed by atoms with E-state index in [1.54, 1.807) is 23.8 Å². The second kappa shape index (κ2) is 12.6. The number of hydrogen-bond acceptors (Lipinski definition) is 4. The summed E-state index contributed by atoms with van der Waals surface area (Å²) in [4.78, 5) is 23.8. The van der Waals surface area contributed by atoms with Gasteiger partial charge in [-0.2, -0.15) is 0 Å². The zero-order valence-electron chi connectivity index (χ0n) is 27.4. The van der Waals surface area contributed by atoms with Crippen LogP contribution in [0, 0.1) is 46.3 Å². The molecule has 0 amide bonds. The zero-order chi connectivity index (χ0) is 30.9. The number of fused-ring (bicyclic) bond motifs is 5. The van der Waals surface area contributed by atoms with Gasteiger partial charge in [0.05, 0.1) is 0 Å². The highest BCUT2D eigenvalue weighted by molar-refractivity contribution is 5.87. The Labute approximate surface area is 259 Å². The lowest BCUT2D eigenvalue weighted by Crippen LogP contribution is -2.46. The van der Waals surface area contributed by atoms with E-state index in [4.69, 9.17) is 9.47 Å². The minimum atomic E-state index is -0.353. The molecule has 8 atom stereocenters. The molecule has 4 heteroatoms. The largest absolute Gasteiger partial charge is 0.459 e. The number of esters is 2. The lowest BCUT2D eigenvalue weighted by molar-refractivity contribution is -0.144. The third-order valence-electron chi connectivity index (χ3n) is 11.8. The van der Waals surface area contributed by atoms with Crippen LogP contribution in [0.5, 0.6) is 5.75 Å². The first-order valence-corrected chi connectivity index (χ1v) is 16.7. The van der Waals surface area contributed by atoms with Gasteiger partial charge in [-0.3, -0.25) is 4.79 Å². The molecule has 0 saturated heterocycles. The molecule has 0 bridgehead atoms. The number of carbonyl (C=O) groups excluding carboxylic acids is 2. The fourth-order valence-electron chi connectivity index (χ4n) is 8.86. The Bertz CT molecular complexity index is 1310. The van der Waals surface area contributed by atoms with Crippen LogP contribution in [0.2, 0.25) is 0 Å². The maximum absolute atomic E-state index is 12.7. The molecule has 3 saturated carbocycles. The predicted molar refractivity (Wildman–Crippen MR) is 174 cm³/mol. The maximum atomic E-state index is 12.7. The highest BCUT2D eigenvalue weighted by Crippen LogP contribution is 2.66. The maximum Gasteiger partial charge on any atom is 0.331 e. The van der Waals surface area contributed by atoms with Gasteiger partial charge in [0, 0.05) is 19.4 Å². The smallest absolute Gasteiger partial charge is 0.331 e. The SMILES string of the molecule is CC(=O)Oc1ccc(/C=C/C(=O)O[C@H]2CC[C@@]3(C)C(=CC=C4C3CC[C@@]3(C)C4CC[C@@H]3[C@H](C)/C=C/[C@H](C)C(C)C)C2)cc1. The van der Waals surface area contributed by atoms with E-state index in [0.29, 0.717) is 40.8 Å². The van der Waals surface area contributed by atoms with Crippen molar-refractivity contribution >= 4 is 18.0 Å². The van der Waals surface area contributed by atoms with Crippen molar-refractivity contribution in [2.24, 2.45) is 46.3 Å². The first-order valence-electron chi connectivity index (χ1n) is 16.7. The summed E-state index contributed by atoms with van der Waals surface area (Å²) in [7, 11) is 0. The molecule has 0 heterocycles. The van der Waals surface area contributed by atoms with Crippen molar-refractivity contribution in [2.75, 3.05) is 0 Å². The lowest BCUT2D eigenvalue weighted by Gasteiger charge is -2.55. The molecule has 0 aromatic heterocycles.